The van der Waals surface area contributed by atoms with Crippen LogP contribution in [-0.4, -0.2) is 36.7 Å². The molecular weight excluding hydrogens is 231 g/mol. The first kappa shape index (κ1) is 14.9. The van der Waals surface area contributed by atoms with Crippen LogP contribution in [0.2, 0.25) is 58.9 Å². The zero-order valence-electron chi connectivity index (χ0n) is 12.0. The Labute approximate surface area is 95.6 Å². The molecule has 0 rings (SSSR count). The van der Waals surface area contributed by atoms with E-state index in [1.165, 1.54) is 0 Å². The molecule has 84 valence electrons. The number of rotatable bonds is 3. The number of hydrogen-bond acceptors (Lipinski definition) is 0. The van der Waals surface area contributed by atoms with Gasteiger partial charge in [0.2, 0.25) is 0 Å². The molecule has 0 aliphatic heterocycles. The smallest absolute Gasteiger partial charge is 0.0723 e. The zero-order chi connectivity index (χ0) is 12.0. The third kappa shape index (κ3) is 2.36. The minimum absolute atomic E-state index is 0.919. The monoisotopic (exact) mass is 260 g/mol. The Balaban J connectivity index is 5.54. The molecule has 0 N–H and O–H groups in total. The molecule has 0 fully saturated rings. The van der Waals surface area contributed by atoms with Gasteiger partial charge in [-0.15, -0.1) is 0 Å². The van der Waals surface area contributed by atoms with Crippen molar-refractivity contribution in [3.63, 3.8) is 0 Å². The maximum Gasteiger partial charge on any atom is 0.0896 e. The van der Waals surface area contributed by atoms with E-state index in [4.69, 9.17) is 0 Å². The lowest BCUT2D eigenvalue weighted by molar-refractivity contribution is 1.76. The molecule has 0 aliphatic rings. The lowest BCUT2D eigenvalue weighted by Crippen LogP contribution is -2.83. The van der Waals surface area contributed by atoms with E-state index in [0.717, 1.165) is 0 Å². The van der Waals surface area contributed by atoms with Crippen LogP contribution in [0.3, 0.4) is 0 Å². The van der Waals surface area contributed by atoms with Gasteiger partial charge < -0.3 is 0 Å². The molecule has 14 heavy (non-hydrogen) atoms. The summed E-state index contributed by atoms with van der Waals surface area (Å²) in [6, 6.07) is 0. The van der Waals surface area contributed by atoms with Crippen LogP contribution in [0, 0.1) is 0 Å². The highest BCUT2D eigenvalue weighted by molar-refractivity contribution is 8.00. The fraction of sp³-hybridized carbons (Fsp3) is 1.00. The average molecular weight is 260 g/mol. The third-order valence-corrected chi connectivity index (χ3v) is 81.0. The Kier molecular flexibility index (Phi) is 4.00. The molecule has 0 aliphatic carbocycles. The van der Waals surface area contributed by atoms with Gasteiger partial charge in [0.15, 0.2) is 0 Å². The zero-order valence-corrected chi connectivity index (χ0v) is 16.0. The summed E-state index contributed by atoms with van der Waals surface area (Å²) in [7, 11) is 0.00347. The molecule has 0 unspecified atom stereocenters. The molecule has 0 radical (unpaired) electrons. The van der Waals surface area contributed by atoms with Gasteiger partial charge in [0.05, 0.1) is 7.44 Å². The van der Waals surface area contributed by atoms with Gasteiger partial charge in [-0.05, 0) is 0 Å². The Morgan fingerprint density at radius 3 is 0.643 bits per heavy atom. The van der Waals surface area contributed by atoms with Crippen molar-refractivity contribution in [3.8, 4) is 0 Å². The summed E-state index contributed by atoms with van der Waals surface area (Å²) < 4.78 is 0. The SMILES string of the molecule is B[Si]([Si](C)(C)C)([Si](C)(C)C)[Si](C)(C)C. The van der Waals surface area contributed by atoms with Crippen molar-refractivity contribution in [1.82, 2.24) is 0 Å². The molecule has 0 heterocycles. The van der Waals surface area contributed by atoms with Crippen LogP contribution in [0.15, 0.2) is 0 Å². The molecular formula is C9H29BSi4. The quantitative estimate of drug-likeness (QED) is 0.685. The van der Waals surface area contributed by atoms with E-state index in [1.807, 2.05) is 0 Å². The van der Waals surface area contributed by atoms with E-state index in [1.54, 1.807) is 0 Å². The Bertz CT molecular complexity index is 170. The second-order valence-electron chi connectivity index (χ2n) is 7.88. The predicted molar refractivity (Wildman–Crippen MR) is 84.3 cm³/mol. The van der Waals surface area contributed by atoms with Gasteiger partial charge in [-0.2, -0.15) is 0 Å². The maximum absolute atomic E-state index is 2.76. The molecule has 0 amide bonds. The highest BCUT2D eigenvalue weighted by Gasteiger charge is 2.57. The van der Waals surface area contributed by atoms with E-state index >= 15 is 0 Å². The summed E-state index contributed by atoms with van der Waals surface area (Å²) in [6.07, 6.45) is 0. The second-order valence-corrected chi connectivity index (χ2v) is 50.6. The fourth-order valence-corrected chi connectivity index (χ4v) is 91.1. The molecule has 0 bridgehead atoms. The van der Waals surface area contributed by atoms with Crippen LogP contribution >= 0.6 is 0 Å². The first-order valence-electron chi connectivity index (χ1n) is 5.75. The molecule has 0 aromatic carbocycles. The van der Waals surface area contributed by atoms with Gasteiger partial charge in [0, 0.05) is 29.3 Å². The largest absolute Gasteiger partial charge is 0.0896 e. The first-order chi connectivity index (χ1) is 5.75. The molecule has 0 nitrogen and oxygen atoms in total. The lowest BCUT2D eigenvalue weighted by Gasteiger charge is -2.55. The van der Waals surface area contributed by atoms with Crippen LogP contribution in [0.4, 0.5) is 0 Å². The normalized spacial score (nSPS) is 15.8. The molecule has 0 saturated carbocycles. The van der Waals surface area contributed by atoms with E-state index in [2.05, 4.69) is 66.4 Å². The summed E-state index contributed by atoms with van der Waals surface area (Å²) in [4.78, 5) is 0. The minimum atomic E-state index is -0.938. The average Bonchev–Trinajstić information content (AvgIpc) is 1.77. The minimum Gasteiger partial charge on any atom is -0.0723 e. The van der Waals surface area contributed by atoms with E-state index in [0.29, 0.717) is 0 Å². The summed E-state index contributed by atoms with van der Waals surface area (Å²) >= 11 is 0. The van der Waals surface area contributed by atoms with Crippen molar-refractivity contribution in [3.05, 3.63) is 0 Å². The van der Waals surface area contributed by atoms with Gasteiger partial charge in [-0.25, -0.2) is 0 Å². The van der Waals surface area contributed by atoms with E-state index in [-0.39, 0.29) is 0 Å². The number of hydrogen-bond donors (Lipinski definition) is 0. The third-order valence-electron chi connectivity index (χ3n) is 4.50. The molecule has 0 aromatic heterocycles. The van der Waals surface area contributed by atoms with Crippen molar-refractivity contribution < 1.29 is 0 Å². The molecule has 0 atom stereocenters. The van der Waals surface area contributed by atoms with Crippen molar-refractivity contribution in [2.75, 3.05) is 0 Å². The van der Waals surface area contributed by atoms with Crippen molar-refractivity contribution in [2.24, 2.45) is 0 Å². The molecule has 0 spiro atoms. The summed E-state index contributed by atoms with van der Waals surface area (Å²) in [5.74, 6) is 0. The van der Waals surface area contributed by atoms with Gasteiger partial charge in [0.25, 0.3) is 0 Å². The van der Waals surface area contributed by atoms with Gasteiger partial charge in [0.1, 0.15) is 0 Å². The summed E-state index contributed by atoms with van der Waals surface area (Å²) in [5.41, 5.74) is 0. The Hall–Kier alpha value is 0.932. The van der Waals surface area contributed by atoms with Gasteiger partial charge >= 0.3 is 0 Å². The van der Waals surface area contributed by atoms with Gasteiger partial charge in [-0.3, -0.25) is 0 Å². The van der Waals surface area contributed by atoms with Crippen molar-refractivity contribution in [2.45, 2.75) is 58.9 Å². The fourth-order valence-electron chi connectivity index (χ4n) is 3.38. The van der Waals surface area contributed by atoms with Crippen LogP contribution in [-0.2, 0) is 0 Å². The summed E-state index contributed by atoms with van der Waals surface area (Å²) in [5, 5.41) is 0. The second kappa shape index (κ2) is 3.75. The van der Waals surface area contributed by atoms with E-state index < -0.39 is 29.3 Å². The Morgan fingerprint density at radius 2 is 0.643 bits per heavy atom. The molecule has 0 saturated heterocycles. The lowest BCUT2D eigenvalue weighted by atomic mass is 10.8. The first-order valence-corrected chi connectivity index (χ1v) is 21.8. The predicted octanol–water partition coefficient (Wildman–Crippen LogP) is 2.81. The van der Waals surface area contributed by atoms with Crippen LogP contribution in [0.1, 0.15) is 0 Å². The highest BCUT2D eigenvalue weighted by atomic mass is 29.9. The van der Waals surface area contributed by atoms with Crippen molar-refractivity contribution >= 4 is 36.7 Å². The standard InChI is InChI=1S/C9H29BSi4/c1-11(2,3)14(10,12(4,5)6)13(7,8)9/h10H2,1-9H3. The maximum atomic E-state index is 2.76. The summed E-state index contributed by atoms with van der Waals surface area (Å²) in [6.45, 7) is 22.8. The van der Waals surface area contributed by atoms with Crippen LogP contribution in [0.5, 0.6) is 0 Å². The topological polar surface area (TPSA) is 0 Å². The van der Waals surface area contributed by atoms with Crippen LogP contribution in [0.25, 0.3) is 0 Å². The van der Waals surface area contributed by atoms with Gasteiger partial charge in [-0.1, -0.05) is 58.9 Å². The van der Waals surface area contributed by atoms with Crippen molar-refractivity contribution in [1.29, 1.82) is 0 Å². The Morgan fingerprint density at radius 1 is 0.500 bits per heavy atom. The molecule has 0 aromatic rings. The molecule has 5 heteroatoms. The highest BCUT2D eigenvalue weighted by Crippen LogP contribution is 2.33. The van der Waals surface area contributed by atoms with E-state index in [9.17, 15) is 0 Å². The van der Waals surface area contributed by atoms with Crippen LogP contribution < -0.4 is 0 Å².